The molecule has 0 spiro atoms. The van der Waals surface area contributed by atoms with Crippen LogP contribution < -0.4 is 4.90 Å². The smallest absolute Gasteiger partial charge is 0.254 e. The van der Waals surface area contributed by atoms with Crippen LogP contribution in [0.15, 0.2) is 10.5 Å². The lowest BCUT2D eigenvalue weighted by atomic mass is 10.1. The lowest BCUT2D eigenvalue weighted by Gasteiger charge is -2.34. The average Bonchev–Trinajstić information content (AvgIpc) is 2.58. The molecule has 2 rings (SSSR count). The maximum Gasteiger partial charge on any atom is 0.254 e. The Hall–Kier alpha value is -1.35. The minimum Gasteiger partial charge on any atom is -0.591 e. The number of anilines is 1. The fourth-order valence-corrected chi connectivity index (χ4v) is 3.28. The molecular formula is C18H27ClN4O3S. The zero-order valence-electron chi connectivity index (χ0n) is 16.7. The van der Waals surface area contributed by atoms with Crippen LogP contribution in [0.4, 0.5) is 5.82 Å². The van der Waals surface area contributed by atoms with Crippen LogP contribution >= 0.6 is 11.6 Å². The minimum atomic E-state index is -1.46. The van der Waals surface area contributed by atoms with Crippen LogP contribution in [0.3, 0.4) is 0 Å². The van der Waals surface area contributed by atoms with E-state index >= 15 is 0 Å². The van der Waals surface area contributed by atoms with Gasteiger partial charge in [-0.2, -0.15) is 0 Å². The first-order valence-corrected chi connectivity index (χ1v) is 10.2. The third-order valence-corrected chi connectivity index (χ3v) is 5.73. The molecule has 1 unspecified atom stereocenters. The number of amides is 1. The van der Waals surface area contributed by atoms with Gasteiger partial charge in [-0.1, -0.05) is 16.0 Å². The Morgan fingerprint density at radius 2 is 2.19 bits per heavy atom. The van der Waals surface area contributed by atoms with Gasteiger partial charge >= 0.3 is 0 Å². The first-order chi connectivity index (χ1) is 12.5. The number of carbonyl (C=O) groups is 1. The van der Waals surface area contributed by atoms with Crippen LogP contribution in [0.5, 0.6) is 0 Å². The Morgan fingerprint density at radius 3 is 2.74 bits per heavy atom. The number of ether oxygens (including phenoxy) is 1. The third-order valence-electron chi connectivity index (χ3n) is 4.10. The highest BCUT2D eigenvalue weighted by Gasteiger charge is 2.28. The van der Waals surface area contributed by atoms with E-state index in [0.29, 0.717) is 36.7 Å². The molecule has 150 valence electrons. The molecule has 7 nitrogen and oxygen atoms in total. The molecule has 0 bridgehead atoms. The monoisotopic (exact) mass is 414 g/mol. The molecule has 1 aromatic heterocycles. The molecule has 0 saturated carbocycles. The molecule has 1 saturated heterocycles. The summed E-state index contributed by atoms with van der Waals surface area (Å²) in [6, 6.07) is 1.84. The summed E-state index contributed by atoms with van der Waals surface area (Å²) >= 11 is 4.96. The van der Waals surface area contributed by atoms with E-state index in [1.807, 2.05) is 27.7 Å². The molecule has 1 aliphatic heterocycles. The largest absolute Gasteiger partial charge is 0.591 e. The number of pyridine rings is 1. The van der Waals surface area contributed by atoms with Gasteiger partial charge in [0.1, 0.15) is 27.1 Å². The molecule has 0 aliphatic carbocycles. The average molecular weight is 415 g/mol. The van der Waals surface area contributed by atoms with E-state index in [1.54, 1.807) is 20.2 Å². The Labute approximate surface area is 169 Å². The van der Waals surface area contributed by atoms with E-state index in [1.165, 1.54) is 11.1 Å². The van der Waals surface area contributed by atoms with Gasteiger partial charge in [-0.3, -0.25) is 4.79 Å². The zero-order valence-corrected chi connectivity index (χ0v) is 18.2. The number of hydrogen-bond donors (Lipinski definition) is 0. The van der Waals surface area contributed by atoms with Crippen molar-refractivity contribution in [2.24, 2.45) is 4.40 Å². The van der Waals surface area contributed by atoms with Gasteiger partial charge in [0.25, 0.3) is 5.91 Å². The van der Waals surface area contributed by atoms with Crippen molar-refractivity contribution in [1.29, 1.82) is 0 Å². The minimum absolute atomic E-state index is 0.123. The first-order valence-electron chi connectivity index (χ1n) is 8.75. The Balaban J connectivity index is 2.49. The van der Waals surface area contributed by atoms with Gasteiger partial charge in [0, 0.05) is 26.2 Å². The van der Waals surface area contributed by atoms with Crippen molar-refractivity contribution in [1.82, 2.24) is 9.88 Å². The molecule has 0 radical (unpaired) electrons. The fraction of sp³-hybridized carbons (Fsp3) is 0.611. The molecule has 2 heterocycles. The van der Waals surface area contributed by atoms with E-state index in [-0.39, 0.29) is 17.1 Å². The van der Waals surface area contributed by atoms with Crippen molar-refractivity contribution in [3.05, 3.63) is 22.3 Å². The first kappa shape index (κ1) is 21.9. The third kappa shape index (κ3) is 5.34. The van der Waals surface area contributed by atoms with E-state index < -0.39 is 16.1 Å². The molecule has 1 aromatic rings. The van der Waals surface area contributed by atoms with Gasteiger partial charge in [0.05, 0.1) is 31.0 Å². The predicted molar refractivity (Wildman–Crippen MR) is 110 cm³/mol. The topological polar surface area (TPSA) is 81.1 Å². The molecule has 1 fully saturated rings. The lowest BCUT2D eigenvalue weighted by Crippen LogP contribution is -2.44. The Morgan fingerprint density at radius 1 is 1.52 bits per heavy atom. The highest BCUT2D eigenvalue weighted by atomic mass is 35.5. The second-order valence-corrected chi connectivity index (χ2v) is 9.94. The summed E-state index contributed by atoms with van der Waals surface area (Å²) in [6.07, 6.45) is 1.39. The van der Waals surface area contributed by atoms with Crippen LogP contribution in [-0.4, -0.2) is 71.2 Å². The van der Waals surface area contributed by atoms with Crippen molar-refractivity contribution >= 4 is 40.9 Å². The van der Waals surface area contributed by atoms with Crippen LogP contribution in [-0.2, 0) is 16.1 Å². The van der Waals surface area contributed by atoms with Gasteiger partial charge in [-0.15, -0.1) is 0 Å². The second-order valence-electron chi connectivity index (χ2n) is 7.65. The zero-order chi connectivity index (χ0) is 20.4. The number of nitrogens with zero attached hydrogens (tertiary/aromatic N) is 4. The summed E-state index contributed by atoms with van der Waals surface area (Å²) in [5.74, 6) is 0.402. The van der Waals surface area contributed by atoms with Gasteiger partial charge in [0.2, 0.25) is 0 Å². The molecule has 9 heteroatoms. The van der Waals surface area contributed by atoms with Crippen LogP contribution in [0.1, 0.15) is 43.6 Å². The molecule has 0 N–H and O–H groups in total. The Kier molecular flexibility index (Phi) is 7.13. The summed E-state index contributed by atoms with van der Waals surface area (Å²) in [5.41, 5.74) is 0.751. The summed E-state index contributed by atoms with van der Waals surface area (Å²) in [4.78, 5) is 20.7. The lowest BCUT2D eigenvalue weighted by molar-refractivity contribution is 0.0827. The predicted octanol–water partition coefficient (Wildman–Crippen LogP) is 2.54. The molecule has 27 heavy (non-hydrogen) atoms. The maximum atomic E-state index is 12.7. The van der Waals surface area contributed by atoms with Crippen molar-refractivity contribution in [2.45, 2.75) is 38.5 Å². The van der Waals surface area contributed by atoms with Gasteiger partial charge in [0.15, 0.2) is 0 Å². The second kappa shape index (κ2) is 8.77. The molecule has 1 amide bonds. The van der Waals surface area contributed by atoms with Crippen molar-refractivity contribution in [3.8, 4) is 0 Å². The maximum absolute atomic E-state index is 12.7. The van der Waals surface area contributed by atoms with Crippen molar-refractivity contribution in [2.75, 3.05) is 38.8 Å². The number of halogens is 1. The van der Waals surface area contributed by atoms with Crippen LogP contribution in [0.2, 0.25) is 5.15 Å². The standard InChI is InChI=1S/C18H27ClN4O3S/c1-12-11-26-8-7-23(12)15-9-13(17(24)22(5)6)14(16(19)21-15)10-20-27(25)18(2,3)4/h9-10,12H,7-8,11H2,1-6H3/b20-10+/t12-,27?/m1/s1. The van der Waals surface area contributed by atoms with Gasteiger partial charge in [-0.05, 0) is 33.8 Å². The highest BCUT2D eigenvalue weighted by Crippen LogP contribution is 2.27. The summed E-state index contributed by atoms with van der Waals surface area (Å²) < 4.78 is 21.3. The summed E-state index contributed by atoms with van der Waals surface area (Å²) in [6.45, 7) is 9.36. The van der Waals surface area contributed by atoms with Gasteiger partial charge in [-0.25, -0.2) is 4.98 Å². The number of morpholine rings is 1. The number of hydrogen-bond acceptors (Lipinski definition) is 6. The summed E-state index contributed by atoms with van der Waals surface area (Å²) in [7, 11) is 3.34. The van der Waals surface area contributed by atoms with Crippen LogP contribution in [0, 0.1) is 0 Å². The highest BCUT2D eigenvalue weighted by molar-refractivity contribution is 7.91. The number of rotatable bonds is 4. The van der Waals surface area contributed by atoms with E-state index in [9.17, 15) is 9.35 Å². The normalized spacial score (nSPS) is 19.4. The van der Waals surface area contributed by atoms with Gasteiger partial charge < -0.3 is 19.1 Å². The SMILES string of the molecule is C[C@@H]1COCCN1c1cc(C(=O)N(C)C)c(/C=N/[S+]([O-])C(C)(C)C)c(Cl)n1. The fourth-order valence-electron chi connectivity index (χ4n) is 2.53. The Bertz CT molecular complexity index is 721. The van der Waals surface area contributed by atoms with E-state index in [4.69, 9.17) is 16.3 Å². The van der Waals surface area contributed by atoms with E-state index in [2.05, 4.69) is 14.3 Å². The molecule has 1 aliphatic rings. The number of aromatic nitrogens is 1. The van der Waals surface area contributed by atoms with Crippen molar-refractivity contribution < 1.29 is 14.1 Å². The quantitative estimate of drug-likeness (QED) is 0.429. The van der Waals surface area contributed by atoms with E-state index in [0.717, 1.165) is 0 Å². The molecular weight excluding hydrogens is 388 g/mol. The van der Waals surface area contributed by atoms with Crippen LogP contribution in [0.25, 0.3) is 0 Å². The molecule has 0 aromatic carbocycles. The molecule has 2 atom stereocenters. The number of carbonyl (C=O) groups excluding carboxylic acids is 1. The summed E-state index contributed by atoms with van der Waals surface area (Å²) in [5, 5.41) is 0.158. The van der Waals surface area contributed by atoms with Crippen molar-refractivity contribution in [3.63, 3.8) is 0 Å².